The minimum Gasteiger partial charge on any atom is -0.291 e. The van der Waals surface area contributed by atoms with Gasteiger partial charge in [0.05, 0.1) is 0 Å². The summed E-state index contributed by atoms with van der Waals surface area (Å²) in [5.74, 6) is 1.10. The van der Waals surface area contributed by atoms with Crippen LogP contribution in [-0.2, 0) is 9.59 Å². The van der Waals surface area contributed by atoms with Crippen molar-refractivity contribution < 1.29 is 9.59 Å². The highest BCUT2D eigenvalue weighted by atomic mass is 16.2. The fourth-order valence-electron chi connectivity index (χ4n) is 2.76. The fraction of sp³-hybridized carbons (Fsp3) is 0.846. The molecule has 86 valence electrons. The van der Waals surface area contributed by atoms with E-state index >= 15 is 0 Å². The number of carbonyl (C=O) groups excluding carboxylic acids is 2. The van der Waals surface area contributed by atoms with Crippen LogP contribution in [0.25, 0.3) is 0 Å². The molecule has 15 heavy (non-hydrogen) atoms. The molecular weight excluding hydrogens is 188 g/mol. The second-order valence-electron chi connectivity index (χ2n) is 5.35. The first kappa shape index (κ1) is 12.4. The fourth-order valence-corrected chi connectivity index (χ4v) is 2.76. The first-order chi connectivity index (χ1) is 6.93. The number of carbonyl (C=O) groups is 2. The Morgan fingerprint density at radius 1 is 1.20 bits per heavy atom. The minimum absolute atomic E-state index is 0.00810. The monoisotopic (exact) mass is 210 g/mol. The number of rotatable bonds is 3. The standard InChI is InChI=1S/C13H22O2/c1-8(2)11-6-5-9(3)7-12(11)13(15)10(4)14/h8-9,11-12H,5-7H2,1-4H3. The van der Waals surface area contributed by atoms with Crippen LogP contribution in [-0.4, -0.2) is 11.6 Å². The van der Waals surface area contributed by atoms with Gasteiger partial charge >= 0.3 is 0 Å². The van der Waals surface area contributed by atoms with Crippen LogP contribution < -0.4 is 0 Å². The van der Waals surface area contributed by atoms with Crippen molar-refractivity contribution in [2.75, 3.05) is 0 Å². The van der Waals surface area contributed by atoms with Crippen LogP contribution in [0.2, 0.25) is 0 Å². The van der Waals surface area contributed by atoms with E-state index in [1.807, 2.05) is 0 Å². The SMILES string of the molecule is CC(=O)C(=O)C1CC(C)CCC1C(C)C. The Labute approximate surface area is 92.4 Å². The normalized spacial score (nSPS) is 31.7. The van der Waals surface area contributed by atoms with Gasteiger partial charge in [0.25, 0.3) is 0 Å². The number of Topliss-reactive ketones (excluding diaryl/α,β-unsaturated/α-hetero) is 2. The summed E-state index contributed by atoms with van der Waals surface area (Å²) < 4.78 is 0. The molecule has 3 unspecified atom stereocenters. The maximum atomic E-state index is 11.8. The molecule has 1 aliphatic rings. The maximum absolute atomic E-state index is 11.8. The highest BCUT2D eigenvalue weighted by molar-refractivity contribution is 6.37. The molecule has 0 radical (unpaired) electrons. The highest BCUT2D eigenvalue weighted by Crippen LogP contribution is 2.38. The summed E-state index contributed by atoms with van der Waals surface area (Å²) in [6.45, 7) is 7.89. The molecule has 0 aromatic heterocycles. The summed E-state index contributed by atoms with van der Waals surface area (Å²) in [6, 6.07) is 0. The van der Waals surface area contributed by atoms with Crippen LogP contribution >= 0.6 is 0 Å². The van der Waals surface area contributed by atoms with Crippen LogP contribution in [0, 0.1) is 23.7 Å². The molecule has 0 aliphatic heterocycles. The van der Waals surface area contributed by atoms with Gasteiger partial charge in [-0.1, -0.05) is 27.2 Å². The molecule has 0 aromatic carbocycles. The van der Waals surface area contributed by atoms with E-state index in [4.69, 9.17) is 0 Å². The Kier molecular flexibility index (Phi) is 4.06. The molecule has 3 atom stereocenters. The highest BCUT2D eigenvalue weighted by Gasteiger charge is 2.36. The van der Waals surface area contributed by atoms with Crippen LogP contribution in [0.5, 0.6) is 0 Å². The second-order valence-corrected chi connectivity index (χ2v) is 5.35. The zero-order chi connectivity index (χ0) is 11.6. The van der Waals surface area contributed by atoms with Crippen molar-refractivity contribution in [2.24, 2.45) is 23.7 Å². The van der Waals surface area contributed by atoms with Crippen LogP contribution in [0.3, 0.4) is 0 Å². The molecule has 0 spiro atoms. The van der Waals surface area contributed by atoms with Crippen molar-refractivity contribution in [2.45, 2.75) is 47.0 Å². The average molecular weight is 210 g/mol. The van der Waals surface area contributed by atoms with Gasteiger partial charge in [-0.05, 0) is 30.6 Å². The molecule has 1 aliphatic carbocycles. The van der Waals surface area contributed by atoms with E-state index in [2.05, 4.69) is 20.8 Å². The first-order valence-electron chi connectivity index (χ1n) is 5.98. The summed E-state index contributed by atoms with van der Waals surface area (Å²) in [5.41, 5.74) is 0. The summed E-state index contributed by atoms with van der Waals surface area (Å²) >= 11 is 0. The van der Waals surface area contributed by atoms with Crippen LogP contribution in [0.15, 0.2) is 0 Å². The van der Waals surface area contributed by atoms with E-state index in [0.717, 1.165) is 12.8 Å². The molecule has 1 rings (SSSR count). The quantitative estimate of drug-likeness (QED) is 0.671. The lowest BCUT2D eigenvalue weighted by Gasteiger charge is -2.35. The van der Waals surface area contributed by atoms with E-state index in [9.17, 15) is 9.59 Å². The predicted molar refractivity (Wildman–Crippen MR) is 60.5 cm³/mol. The van der Waals surface area contributed by atoms with Gasteiger partial charge in [0, 0.05) is 12.8 Å². The van der Waals surface area contributed by atoms with E-state index in [1.165, 1.54) is 13.3 Å². The summed E-state index contributed by atoms with van der Waals surface area (Å²) in [7, 11) is 0. The molecule has 2 nitrogen and oxygen atoms in total. The lowest BCUT2D eigenvalue weighted by molar-refractivity contribution is -0.140. The van der Waals surface area contributed by atoms with Gasteiger partial charge < -0.3 is 0 Å². The van der Waals surface area contributed by atoms with Gasteiger partial charge in [-0.25, -0.2) is 0 Å². The predicted octanol–water partition coefficient (Wildman–Crippen LogP) is 2.85. The molecule has 2 heteroatoms. The Morgan fingerprint density at radius 3 is 2.27 bits per heavy atom. The van der Waals surface area contributed by atoms with Crippen molar-refractivity contribution in [3.05, 3.63) is 0 Å². The van der Waals surface area contributed by atoms with Gasteiger partial charge in [-0.15, -0.1) is 0 Å². The van der Waals surface area contributed by atoms with Gasteiger partial charge in [-0.3, -0.25) is 9.59 Å². The van der Waals surface area contributed by atoms with E-state index in [0.29, 0.717) is 17.8 Å². The molecule has 0 heterocycles. The third kappa shape index (κ3) is 2.90. The zero-order valence-electron chi connectivity index (χ0n) is 10.2. The topological polar surface area (TPSA) is 34.1 Å². The molecular formula is C13H22O2. The number of ketones is 2. The first-order valence-corrected chi connectivity index (χ1v) is 5.98. The van der Waals surface area contributed by atoms with E-state index < -0.39 is 0 Å². The smallest absolute Gasteiger partial charge is 0.201 e. The van der Waals surface area contributed by atoms with Crippen molar-refractivity contribution in [3.8, 4) is 0 Å². The van der Waals surface area contributed by atoms with Crippen molar-refractivity contribution >= 4 is 11.6 Å². The Morgan fingerprint density at radius 2 is 1.80 bits per heavy atom. The third-order valence-corrected chi connectivity index (χ3v) is 3.71. The summed E-state index contributed by atoms with van der Waals surface area (Å²) in [4.78, 5) is 23.0. The molecule has 0 aromatic rings. The molecule has 0 bridgehead atoms. The second kappa shape index (κ2) is 4.91. The average Bonchev–Trinajstić information content (AvgIpc) is 2.15. The molecule has 0 amide bonds. The number of hydrogen-bond acceptors (Lipinski definition) is 2. The largest absolute Gasteiger partial charge is 0.291 e. The Bertz CT molecular complexity index is 255. The Balaban J connectivity index is 2.79. The van der Waals surface area contributed by atoms with Gasteiger partial charge in [-0.2, -0.15) is 0 Å². The van der Waals surface area contributed by atoms with Crippen molar-refractivity contribution in [3.63, 3.8) is 0 Å². The van der Waals surface area contributed by atoms with Crippen LogP contribution in [0.4, 0.5) is 0 Å². The minimum atomic E-state index is -0.264. The van der Waals surface area contributed by atoms with Crippen molar-refractivity contribution in [1.29, 1.82) is 0 Å². The lowest BCUT2D eigenvalue weighted by Crippen LogP contribution is -2.36. The van der Waals surface area contributed by atoms with E-state index in [-0.39, 0.29) is 17.5 Å². The van der Waals surface area contributed by atoms with Gasteiger partial charge in [0.1, 0.15) is 0 Å². The number of hydrogen-bond donors (Lipinski definition) is 0. The summed E-state index contributed by atoms with van der Waals surface area (Å²) in [5, 5.41) is 0. The molecule has 0 saturated heterocycles. The van der Waals surface area contributed by atoms with E-state index in [1.54, 1.807) is 0 Å². The molecule has 1 saturated carbocycles. The van der Waals surface area contributed by atoms with Gasteiger partial charge in [0.2, 0.25) is 5.78 Å². The third-order valence-electron chi connectivity index (χ3n) is 3.71. The molecule has 1 fully saturated rings. The lowest BCUT2D eigenvalue weighted by atomic mass is 9.68. The zero-order valence-corrected chi connectivity index (χ0v) is 10.2. The Hall–Kier alpha value is -0.660. The maximum Gasteiger partial charge on any atom is 0.201 e. The van der Waals surface area contributed by atoms with Crippen molar-refractivity contribution in [1.82, 2.24) is 0 Å². The van der Waals surface area contributed by atoms with Crippen LogP contribution in [0.1, 0.15) is 47.0 Å². The summed E-state index contributed by atoms with van der Waals surface area (Å²) in [6.07, 6.45) is 3.20. The molecule has 0 N–H and O–H groups in total. The van der Waals surface area contributed by atoms with Gasteiger partial charge in [0.15, 0.2) is 5.78 Å².